The monoisotopic (exact) mass is 814 g/mol. The number of amidine groups is 2. The number of ketones is 2. The average molecular weight is 815 g/mol. The standard InChI is InChI=1S/C13H25N3O3.C7H14N2O2.C7H15NO.C2H3ClO.C2H6N2S.2CO2/c1-4-14-12(16-13(18)19-5-2)15-10-8-6-7-9-11(3)17;1-4-8-6(3)9-7(10)11-5-2;1-7(9)5-3-2-4-6-8;1-2(3)4;1-5-2(3)4;2*2-1-3/h4-10H2,1-3H3,(H2,14,15,16,18);4-5H2,1-3H3,(H,8,9,10);2-6,8H2,1H3;1H3;1H3,(H3,3,4);;. The topological polar surface area (TPSA) is 309 Å². The highest BCUT2D eigenvalue weighted by atomic mass is 35.5. The number of thioether (sulfide) groups is 1. The van der Waals surface area contributed by atoms with Gasteiger partial charge in [0.1, 0.15) is 17.4 Å². The van der Waals surface area contributed by atoms with Gasteiger partial charge in [-0.25, -0.2) is 9.59 Å². The Hall–Kier alpha value is -4.48. The number of nitrogens with zero attached hydrogens (tertiary/aromatic N) is 2. The Morgan fingerprint density at radius 1 is 0.741 bits per heavy atom. The fourth-order valence-corrected chi connectivity index (χ4v) is 2.71. The van der Waals surface area contributed by atoms with Crippen LogP contribution in [0.3, 0.4) is 0 Å². The van der Waals surface area contributed by atoms with Crippen LogP contribution >= 0.6 is 23.4 Å². The second-order valence-corrected chi connectivity index (χ2v) is 10.9. The molecule has 0 aliphatic rings. The van der Waals surface area contributed by atoms with Gasteiger partial charge in [-0.1, -0.05) is 24.6 Å². The van der Waals surface area contributed by atoms with Gasteiger partial charge in [0, 0.05) is 39.4 Å². The van der Waals surface area contributed by atoms with Crippen LogP contribution in [0, 0.1) is 5.41 Å². The molecule has 19 nitrogen and oxygen atoms in total. The van der Waals surface area contributed by atoms with Crippen molar-refractivity contribution in [3.63, 3.8) is 0 Å². The lowest BCUT2D eigenvalue weighted by Crippen LogP contribution is -2.41. The molecule has 0 fully saturated rings. The molecule has 0 spiro atoms. The summed E-state index contributed by atoms with van der Waals surface area (Å²) >= 11 is 5.88. The van der Waals surface area contributed by atoms with Gasteiger partial charge in [0.2, 0.25) is 11.2 Å². The second-order valence-electron chi connectivity index (χ2n) is 9.53. The molecule has 21 heteroatoms. The minimum absolute atomic E-state index is 0.171. The number of Topliss-reactive ketones (excluding diaryl/α,β-unsaturated/α-hetero) is 2. The van der Waals surface area contributed by atoms with E-state index in [4.69, 9.17) is 40.8 Å². The summed E-state index contributed by atoms with van der Waals surface area (Å²) < 4.78 is 9.41. The van der Waals surface area contributed by atoms with E-state index in [1.54, 1.807) is 40.9 Å². The van der Waals surface area contributed by atoms with E-state index in [0.717, 1.165) is 51.5 Å². The lowest BCUT2D eigenvalue weighted by molar-refractivity contribution is -0.193. The molecule has 2 amide bonds. The van der Waals surface area contributed by atoms with E-state index in [2.05, 4.69) is 42.3 Å². The maximum absolute atomic E-state index is 11.2. The zero-order valence-corrected chi connectivity index (χ0v) is 34.8. The molecule has 0 saturated carbocycles. The molecule has 0 saturated heterocycles. The summed E-state index contributed by atoms with van der Waals surface area (Å²) in [5.41, 5.74) is 10.1. The van der Waals surface area contributed by atoms with Crippen LogP contribution in [0.2, 0.25) is 0 Å². The number of ether oxygens (including phenoxy) is 2. The molecule has 0 aliphatic heterocycles. The molecule has 0 aliphatic carbocycles. The lowest BCUT2D eigenvalue weighted by atomic mass is 10.1. The number of carbonyl (C=O) groups is 5. The van der Waals surface area contributed by atoms with Crippen LogP contribution in [0.15, 0.2) is 9.98 Å². The zero-order chi connectivity index (χ0) is 43.6. The SMILES string of the molecule is CC(=O)CCCCCN.CC(=O)Cl.CCN=C(C)NC(=O)OCC.CCNC(=NCCCCCC(C)=O)NC(=O)OCC.CSC(=N)N.O=C=O.O=C=O. The molecule has 0 unspecified atom stereocenters. The van der Waals surface area contributed by atoms with Gasteiger partial charge in [0.15, 0.2) is 5.17 Å². The van der Waals surface area contributed by atoms with E-state index in [1.807, 2.05) is 13.8 Å². The minimum Gasteiger partial charge on any atom is -0.450 e. The van der Waals surface area contributed by atoms with Crippen LogP contribution in [-0.2, 0) is 43.0 Å². The summed E-state index contributed by atoms with van der Waals surface area (Å²) in [6, 6.07) is 0. The molecule has 0 aromatic rings. The zero-order valence-electron chi connectivity index (χ0n) is 33.2. The van der Waals surface area contributed by atoms with E-state index in [-0.39, 0.29) is 34.3 Å². The third-order valence-corrected chi connectivity index (χ3v) is 5.14. The molecule has 314 valence electrons. The van der Waals surface area contributed by atoms with Gasteiger partial charge in [-0.05, 0) is 98.6 Å². The highest BCUT2D eigenvalue weighted by molar-refractivity contribution is 8.13. The Labute approximate surface area is 328 Å². The molecular formula is C33H63ClN8O11S. The quantitative estimate of drug-likeness (QED) is 0.0590. The number of aliphatic imine (C=N–C) groups is 2. The number of hydrogen-bond donors (Lipinski definition) is 6. The van der Waals surface area contributed by atoms with Crippen LogP contribution in [0.5, 0.6) is 0 Å². The number of unbranched alkanes of at least 4 members (excludes halogenated alkanes) is 4. The number of hydrogen-bond acceptors (Lipinski definition) is 16. The van der Waals surface area contributed by atoms with Gasteiger partial charge in [-0.15, -0.1) is 0 Å². The van der Waals surface area contributed by atoms with Crippen molar-refractivity contribution in [1.29, 1.82) is 5.41 Å². The van der Waals surface area contributed by atoms with Crippen molar-refractivity contribution in [2.45, 2.75) is 107 Å². The maximum atomic E-state index is 11.2. The van der Waals surface area contributed by atoms with Crippen molar-refractivity contribution in [1.82, 2.24) is 16.0 Å². The van der Waals surface area contributed by atoms with Crippen LogP contribution in [-0.4, -0.2) is 104 Å². The lowest BCUT2D eigenvalue weighted by Gasteiger charge is -2.09. The van der Waals surface area contributed by atoms with Crippen LogP contribution in [0.4, 0.5) is 9.59 Å². The Kier molecular flexibility index (Phi) is 69.1. The van der Waals surface area contributed by atoms with Crippen molar-refractivity contribution in [3.8, 4) is 0 Å². The Morgan fingerprint density at radius 3 is 1.44 bits per heavy atom. The average Bonchev–Trinajstić information content (AvgIpc) is 3.06. The highest BCUT2D eigenvalue weighted by Gasteiger charge is 2.04. The Morgan fingerprint density at radius 2 is 1.13 bits per heavy atom. The molecule has 0 aromatic carbocycles. The van der Waals surface area contributed by atoms with E-state index in [1.165, 1.54) is 18.7 Å². The normalized spacial score (nSPS) is 9.17. The molecule has 0 atom stereocenters. The van der Waals surface area contributed by atoms with Crippen molar-refractivity contribution in [2.24, 2.45) is 21.5 Å². The predicted molar refractivity (Wildman–Crippen MR) is 209 cm³/mol. The number of rotatable bonds is 15. The van der Waals surface area contributed by atoms with E-state index < -0.39 is 12.2 Å². The molecule has 0 heterocycles. The molecule has 0 bridgehead atoms. The second kappa shape index (κ2) is 57.8. The first-order valence-corrected chi connectivity index (χ1v) is 18.4. The van der Waals surface area contributed by atoms with Gasteiger partial charge < -0.3 is 35.8 Å². The molecule has 0 rings (SSSR count). The highest BCUT2D eigenvalue weighted by Crippen LogP contribution is 2.00. The number of guanidine groups is 1. The molecule has 54 heavy (non-hydrogen) atoms. The van der Waals surface area contributed by atoms with Crippen molar-refractivity contribution in [3.05, 3.63) is 0 Å². The maximum Gasteiger partial charge on any atom is 0.413 e. The van der Waals surface area contributed by atoms with Crippen LogP contribution in [0.1, 0.15) is 107 Å². The fourth-order valence-electron chi connectivity index (χ4n) is 2.71. The van der Waals surface area contributed by atoms with Gasteiger partial charge >= 0.3 is 24.5 Å². The first kappa shape index (κ1) is 64.5. The number of alkyl carbamates (subject to hydrolysis) is 2. The van der Waals surface area contributed by atoms with Gasteiger partial charge in [0.25, 0.3) is 0 Å². The predicted octanol–water partition coefficient (Wildman–Crippen LogP) is 3.96. The third kappa shape index (κ3) is 97.2. The van der Waals surface area contributed by atoms with E-state index in [0.29, 0.717) is 51.1 Å². The summed E-state index contributed by atoms with van der Waals surface area (Å²) in [4.78, 5) is 93.0. The summed E-state index contributed by atoms with van der Waals surface area (Å²) in [6.45, 7) is 17.0. The van der Waals surface area contributed by atoms with Gasteiger partial charge in [-0.3, -0.25) is 30.8 Å². The molecule has 8 N–H and O–H groups in total. The van der Waals surface area contributed by atoms with Crippen molar-refractivity contribution in [2.75, 3.05) is 45.6 Å². The smallest absolute Gasteiger partial charge is 0.413 e. The summed E-state index contributed by atoms with van der Waals surface area (Å²) in [7, 11) is 0. The first-order valence-electron chi connectivity index (χ1n) is 16.8. The number of halogens is 1. The number of carbonyl (C=O) groups excluding carboxylic acids is 9. The number of nitrogens with two attached hydrogens (primary N) is 2. The van der Waals surface area contributed by atoms with Crippen LogP contribution in [0.25, 0.3) is 0 Å². The molecular weight excluding hydrogens is 752 g/mol. The fraction of sp³-hybridized carbons (Fsp3) is 0.697. The summed E-state index contributed by atoms with van der Waals surface area (Å²) in [5, 5.41) is 14.3. The largest absolute Gasteiger partial charge is 0.450 e. The van der Waals surface area contributed by atoms with Gasteiger partial charge in [-0.2, -0.15) is 19.2 Å². The molecule has 0 radical (unpaired) electrons. The van der Waals surface area contributed by atoms with Gasteiger partial charge in [0.05, 0.1) is 13.2 Å². The first-order chi connectivity index (χ1) is 25.4. The number of amides is 2. The van der Waals surface area contributed by atoms with Crippen molar-refractivity contribution >= 4 is 81.6 Å². The van der Waals surface area contributed by atoms with E-state index >= 15 is 0 Å². The Bertz CT molecular complexity index is 1080. The van der Waals surface area contributed by atoms with Crippen LogP contribution < -0.4 is 27.4 Å². The number of nitrogens with one attached hydrogen (secondary N) is 4. The van der Waals surface area contributed by atoms with Crippen molar-refractivity contribution < 1.29 is 52.6 Å². The molecule has 0 aromatic heterocycles. The summed E-state index contributed by atoms with van der Waals surface area (Å²) in [5.74, 6) is 1.53. The van der Waals surface area contributed by atoms with E-state index in [9.17, 15) is 24.0 Å². The summed E-state index contributed by atoms with van der Waals surface area (Å²) in [6.07, 6.45) is 8.57. The minimum atomic E-state index is -0.501. The third-order valence-electron chi connectivity index (χ3n) is 4.70. The Balaban J connectivity index is -0.000000108.